The molecule has 0 spiro atoms. The number of aliphatic hydroxyl groups is 1. The molecule has 0 radical (unpaired) electrons. The average Bonchev–Trinajstić information content (AvgIpc) is 2.43. The first-order chi connectivity index (χ1) is 9.22. The second-order valence-electron chi connectivity index (χ2n) is 4.68. The van der Waals surface area contributed by atoms with Crippen LogP contribution in [-0.2, 0) is 4.79 Å². The van der Waals surface area contributed by atoms with E-state index < -0.39 is 0 Å². The van der Waals surface area contributed by atoms with Crippen LogP contribution in [0.4, 0.5) is 5.69 Å². The van der Waals surface area contributed by atoms with E-state index in [0.29, 0.717) is 11.8 Å². The Hall–Kier alpha value is -0.870. The highest BCUT2D eigenvalue weighted by Crippen LogP contribution is 2.10. The first kappa shape index (κ1) is 16.2. The zero-order valence-electron chi connectivity index (χ0n) is 11.1. The van der Waals surface area contributed by atoms with Gasteiger partial charge in [0.25, 0.3) is 0 Å². The summed E-state index contributed by atoms with van der Waals surface area (Å²) in [5, 5.41) is 12.9. The zero-order valence-corrected chi connectivity index (χ0v) is 12.7. The van der Waals surface area contributed by atoms with E-state index in [9.17, 15) is 9.90 Å². The van der Waals surface area contributed by atoms with Crippen molar-refractivity contribution in [1.29, 1.82) is 0 Å². The molecular weight excluding hydrogens is 306 g/mol. The topological polar surface area (TPSA) is 49.3 Å². The highest BCUT2D eigenvalue weighted by molar-refractivity contribution is 9.09. The second-order valence-corrected chi connectivity index (χ2v) is 5.32. The molecule has 0 aliphatic rings. The molecule has 2 N–H and O–H groups in total. The van der Waals surface area contributed by atoms with E-state index in [-0.39, 0.29) is 12.0 Å². The molecule has 0 aliphatic heterocycles. The molecule has 1 atom stereocenters. The van der Waals surface area contributed by atoms with E-state index >= 15 is 0 Å². The van der Waals surface area contributed by atoms with Gasteiger partial charge in [-0.1, -0.05) is 53.4 Å². The Morgan fingerprint density at radius 3 is 2.53 bits per heavy atom. The Kier molecular flexibility index (Phi) is 8.50. The number of hydrogen-bond donors (Lipinski definition) is 2. The summed E-state index contributed by atoms with van der Waals surface area (Å²) in [6.45, 7) is 0. The van der Waals surface area contributed by atoms with Gasteiger partial charge in [0.05, 0.1) is 6.10 Å². The van der Waals surface area contributed by atoms with Crippen LogP contribution >= 0.6 is 15.9 Å². The predicted octanol–water partition coefficient (Wildman–Crippen LogP) is 3.72. The van der Waals surface area contributed by atoms with Crippen molar-refractivity contribution in [3.8, 4) is 0 Å². The normalized spacial score (nSPS) is 12.1. The van der Waals surface area contributed by atoms with E-state index in [1.54, 1.807) is 0 Å². The number of rotatable bonds is 9. The highest BCUT2D eigenvalue weighted by atomic mass is 79.9. The minimum absolute atomic E-state index is 0.0756. The second kappa shape index (κ2) is 9.98. The maximum atomic E-state index is 11.6. The van der Waals surface area contributed by atoms with E-state index in [1.807, 2.05) is 30.3 Å². The quantitative estimate of drug-likeness (QED) is 0.536. The van der Waals surface area contributed by atoms with Crippen molar-refractivity contribution in [2.24, 2.45) is 0 Å². The van der Waals surface area contributed by atoms with Gasteiger partial charge >= 0.3 is 0 Å². The Bertz CT molecular complexity index is 356. The number of hydrogen-bond acceptors (Lipinski definition) is 2. The van der Waals surface area contributed by atoms with Crippen molar-refractivity contribution in [3.05, 3.63) is 30.3 Å². The molecule has 0 heterocycles. The number of amides is 1. The van der Waals surface area contributed by atoms with Crippen LogP contribution in [0.25, 0.3) is 0 Å². The molecule has 1 aromatic carbocycles. The molecule has 0 aromatic heterocycles. The van der Waals surface area contributed by atoms with Crippen molar-refractivity contribution >= 4 is 27.5 Å². The van der Waals surface area contributed by atoms with E-state index in [2.05, 4.69) is 21.2 Å². The number of halogens is 1. The molecule has 19 heavy (non-hydrogen) atoms. The van der Waals surface area contributed by atoms with Gasteiger partial charge in [0.2, 0.25) is 5.91 Å². The Balaban J connectivity index is 2.02. The number of alkyl halides is 1. The van der Waals surface area contributed by atoms with Gasteiger partial charge in [0.15, 0.2) is 0 Å². The van der Waals surface area contributed by atoms with Gasteiger partial charge in [-0.05, 0) is 25.0 Å². The van der Waals surface area contributed by atoms with Gasteiger partial charge in [-0.2, -0.15) is 0 Å². The lowest BCUT2D eigenvalue weighted by Gasteiger charge is -2.06. The van der Waals surface area contributed by atoms with Gasteiger partial charge in [-0.3, -0.25) is 4.79 Å². The van der Waals surface area contributed by atoms with Crippen LogP contribution in [0.3, 0.4) is 0 Å². The van der Waals surface area contributed by atoms with Crippen LogP contribution in [0, 0.1) is 0 Å². The summed E-state index contributed by atoms with van der Waals surface area (Å²) in [7, 11) is 0. The smallest absolute Gasteiger partial charge is 0.224 e. The third-order valence-corrected chi connectivity index (χ3v) is 3.67. The first-order valence-electron chi connectivity index (χ1n) is 6.81. The molecule has 1 rings (SSSR count). The largest absolute Gasteiger partial charge is 0.392 e. The van der Waals surface area contributed by atoms with Gasteiger partial charge < -0.3 is 10.4 Å². The summed E-state index contributed by atoms with van der Waals surface area (Å²) >= 11 is 3.25. The molecule has 0 saturated heterocycles. The van der Waals surface area contributed by atoms with Crippen LogP contribution < -0.4 is 5.32 Å². The van der Waals surface area contributed by atoms with Crippen LogP contribution in [-0.4, -0.2) is 22.4 Å². The predicted molar refractivity (Wildman–Crippen MR) is 82.6 cm³/mol. The SMILES string of the molecule is O=C(CCCCCCC(O)CBr)Nc1ccccc1. The Morgan fingerprint density at radius 2 is 1.84 bits per heavy atom. The van der Waals surface area contributed by atoms with Gasteiger partial charge in [-0.25, -0.2) is 0 Å². The molecule has 0 aliphatic carbocycles. The van der Waals surface area contributed by atoms with Crippen molar-refractivity contribution in [2.75, 3.05) is 10.6 Å². The maximum Gasteiger partial charge on any atom is 0.224 e. The number of carbonyl (C=O) groups is 1. The van der Waals surface area contributed by atoms with Gasteiger partial charge in [0, 0.05) is 17.4 Å². The van der Waals surface area contributed by atoms with Crippen LogP contribution in [0.5, 0.6) is 0 Å². The third-order valence-electron chi connectivity index (χ3n) is 2.93. The summed E-state index contributed by atoms with van der Waals surface area (Å²) in [5.41, 5.74) is 0.855. The zero-order chi connectivity index (χ0) is 13.9. The lowest BCUT2D eigenvalue weighted by molar-refractivity contribution is -0.116. The molecule has 1 aromatic rings. The number of para-hydroxylation sites is 1. The fourth-order valence-corrected chi connectivity index (χ4v) is 2.16. The summed E-state index contributed by atoms with van der Waals surface area (Å²) in [6.07, 6.45) is 5.20. The van der Waals surface area contributed by atoms with E-state index in [0.717, 1.165) is 37.8 Å². The molecule has 1 amide bonds. The maximum absolute atomic E-state index is 11.6. The Morgan fingerprint density at radius 1 is 1.16 bits per heavy atom. The highest BCUT2D eigenvalue weighted by Gasteiger charge is 2.03. The summed E-state index contributed by atoms with van der Waals surface area (Å²) in [6, 6.07) is 9.52. The summed E-state index contributed by atoms with van der Waals surface area (Å²) < 4.78 is 0. The van der Waals surface area contributed by atoms with Crippen molar-refractivity contribution in [2.45, 2.75) is 44.6 Å². The minimum Gasteiger partial charge on any atom is -0.392 e. The molecule has 4 heteroatoms. The summed E-state index contributed by atoms with van der Waals surface area (Å²) in [5.74, 6) is 0.0756. The van der Waals surface area contributed by atoms with Crippen LogP contribution in [0.2, 0.25) is 0 Å². The third kappa shape index (κ3) is 8.01. The number of benzene rings is 1. The summed E-state index contributed by atoms with van der Waals surface area (Å²) in [4.78, 5) is 11.6. The Labute approximate surface area is 123 Å². The van der Waals surface area contributed by atoms with Gasteiger partial charge in [-0.15, -0.1) is 0 Å². The number of anilines is 1. The molecule has 0 fully saturated rings. The van der Waals surface area contributed by atoms with Crippen molar-refractivity contribution in [1.82, 2.24) is 0 Å². The molecule has 3 nitrogen and oxygen atoms in total. The standard InChI is InChI=1S/C15H22BrNO2/c16-12-14(18)10-6-1-2-7-11-15(19)17-13-8-4-3-5-9-13/h3-5,8-9,14,18H,1-2,6-7,10-12H2,(H,17,19). The monoisotopic (exact) mass is 327 g/mol. The fraction of sp³-hybridized carbons (Fsp3) is 0.533. The number of unbranched alkanes of at least 4 members (excludes halogenated alkanes) is 3. The number of aliphatic hydroxyl groups excluding tert-OH is 1. The van der Waals surface area contributed by atoms with Crippen molar-refractivity contribution < 1.29 is 9.90 Å². The van der Waals surface area contributed by atoms with E-state index in [1.165, 1.54) is 0 Å². The van der Waals surface area contributed by atoms with Crippen LogP contribution in [0.1, 0.15) is 38.5 Å². The lowest BCUT2D eigenvalue weighted by atomic mass is 10.1. The minimum atomic E-state index is -0.235. The molecule has 106 valence electrons. The van der Waals surface area contributed by atoms with E-state index in [4.69, 9.17) is 0 Å². The molecular formula is C15H22BrNO2. The van der Waals surface area contributed by atoms with Crippen LogP contribution in [0.15, 0.2) is 30.3 Å². The van der Waals surface area contributed by atoms with Crippen molar-refractivity contribution in [3.63, 3.8) is 0 Å². The van der Waals surface area contributed by atoms with Gasteiger partial charge in [0.1, 0.15) is 0 Å². The molecule has 1 unspecified atom stereocenters. The lowest BCUT2D eigenvalue weighted by Crippen LogP contribution is -2.11. The molecule has 0 saturated carbocycles. The fourth-order valence-electron chi connectivity index (χ4n) is 1.84. The average molecular weight is 328 g/mol. The first-order valence-corrected chi connectivity index (χ1v) is 7.93. The number of carbonyl (C=O) groups excluding carboxylic acids is 1. The number of nitrogens with one attached hydrogen (secondary N) is 1. The molecule has 0 bridgehead atoms.